The number of carbonyl (C=O) groups excluding carboxylic acids is 1. The van der Waals surface area contributed by atoms with Crippen LogP contribution in [0.15, 0.2) is 6.33 Å². The molecule has 0 spiro atoms. The lowest BCUT2D eigenvalue weighted by Crippen LogP contribution is -2.15. The minimum Gasteiger partial charge on any atom is -0.299 e. The topological polar surface area (TPSA) is 47.8 Å². The van der Waals surface area contributed by atoms with Gasteiger partial charge in [-0.3, -0.25) is 9.48 Å². The summed E-state index contributed by atoms with van der Waals surface area (Å²) in [5.74, 6) is 1.24. The first kappa shape index (κ1) is 10.9. The minimum atomic E-state index is 0.0505. The molecule has 1 aromatic rings. The summed E-state index contributed by atoms with van der Waals surface area (Å²) in [6.45, 7) is 6.66. The molecule has 0 saturated carbocycles. The Bertz CT molecular complexity index is 306. The standard InChI is InChI=1S/C10H17N3O/c1-4-9(14)8(3)6-10-11-7-12-13(10)5-2/h7-8H,4-6H2,1-3H3. The van der Waals surface area contributed by atoms with Crippen LogP contribution < -0.4 is 0 Å². The normalized spacial score (nSPS) is 12.8. The average Bonchev–Trinajstić information content (AvgIpc) is 2.63. The summed E-state index contributed by atoms with van der Waals surface area (Å²) in [6.07, 6.45) is 2.84. The fraction of sp³-hybridized carbons (Fsp3) is 0.700. The molecule has 1 atom stereocenters. The summed E-state index contributed by atoms with van der Waals surface area (Å²) >= 11 is 0. The maximum atomic E-state index is 11.4. The van der Waals surface area contributed by atoms with Crippen LogP contribution in [0.2, 0.25) is 0 Å². The highest BCUT2D eigenvalue weighted by Gasteiger charge is 2.14. The van der Waals surface area contributed by atoms with Crippen LogP contribution in [-0.2, 0) is 17.8 Å². The number of nitrogens with zero attached hydrogens (tertiary/aromatic N) is 3. The van der Waals surface area contributed by atoms with Gasteiger partial charge < -0.3 is 0 Å². The molecule has 0 aromatic carbocycles. The molecule has 0 aliphatic carbocycles. The molecule has 0 amide bonds. The first-order valence-electron chi connectivity index (χ1n) is 5.08. The van der Waals surface area contributed by atoms with Crippen LogP contribution in [0.3, 0.4) is 0 Å². The smallest absolute Gasteiger partial charge is 0.138 e. The van der Waals surface area contributed by atoms with E-state index in [1.54, 1.807) is 6.33 Å². The van der Waals surface area contributed by atoms with E-state index in [1.165, 1.54) is 0 Å². The van der Waals surface area contributed by atoms with Gasteiger partial charge in [0.05, 0.1) is 0 Å². The van der Waals surface area contributed by atoms with E-state index in [9.17, 15) is 4.79 Å². The summed E-state index contributed by atoms with van der Waals surface area (Å²) in [5, 5.41) is 4.07. The van der Waals surface area contributed by atoms with Gasteiger partial charge in [-0.2, -0.15) is 5.10 Å². The summed E-state index contributed by atoms with van der Waals surface area (Å²) in [6, 6.07) is 0. The van der Waals surface area contributed by atoms with Crippen LogP contribution in [0, 0.1) is 5.92 Å². The van der Waals surface area contributed by atoms with Crippen LogP contribution in [-0.4, -0.2) is 20.5 Å². The number of aromatic nitrogens is 3. The Morgan fingerprint density at radius 1 is 1.57 bits per heavy atom. The van der Waals surface area contributed by atoms with E-state index in [1.807, 2.05) is 25.5 Å². The summed E-state index contributed by atoms with van der Waals surface area (Å²) in [5.41, 5.74) is 0. The molecule has 1 aromatic heterocycles. The van der Waals surface area contributed by atoms with Crippen molar-refractivity contribution in [3.05, 3.63) is 12.2 Å². The summed E-state index contributed by atoms with van der Waals surface area (Å²) < 4.78 is 1.83. The van der Waals surface area contributed by atoms with E-state index in [-0.39, 0.29) is 11.7 Å². The molecule has 0 saturated heterocycles. The zero-order chi connectivity index (χ0) is 10.6. The van der Waals surface area contributed by atoms with Gasteiger partial charge in [-0.05, 0) is 6.92 Å². The van der Waals surface area contributed by atoms with Crippen LogP contribution in [0.1, 0.15) is 33.0 Å². The first-order valence-corrected chi connectivity index (χ1v) is 5.08. The van der Waals surface area contributed by atoms with Crippen molar-refractivity contribution in [3.63, 3.8) is 0 Å². The number of Topliss-reactive ketones (excluding diaryl/α,β-unsaturated/α-hetero) is 1. The molecular weight excluding hydrogens is 178 g/mol. The minimum absolute atomic E-state index is 0.0505. The third-order valence-electron chi connectivity index (χ3n) is 2.38. The molecule has 0 fully saturated rings. The lowest BCUT2D eigenvalue weighted by molar-refractivity contribution is -0.122. The highest BCUT2D eigenvalue weighted by atomic mass is 16.1. The summed E-state index contributed by atoms with van der Waals surface area (Å²) in [4.78, 5) is 15.5. The third-order valence-corrected chi connectivity index (χ3v) is 2.38. The largest absolute Gasteiger partial charge is 0.299 e. The van der Waals surface area contributed by atoms with Crippen molar-refractivity contribution in [2.75, 3.05) is 0 Å². The molecule has 14 heavy (non-hydrogen) atoms. The Balaban J connectivity index is 2.64. The molecular formula is C10H17N3O. The van der Waals surface area contributed by atoms with Crippen molar-refractivity contribution >= 4 is 5.78 Å². The van der Waals surface area contributed by atoms with Crippen molar-refractivity contribution in [2.24, 2.45) is 5.92 Å². The van der Waals surface area contributed by atoms with Crippen LogP contribution in [0.25, 0.3) is 0 Å². The van der Waals surface area contributed by atoms with Gasteiger partial charge in [0, 0.05) is 25.3 Å². The quantitative estimate of drug-likeness (QED) is 0.714. The Kier molecular flexibility index (Phi) is 3.80. The molecule has 78 valence electrons. The van der Waals surface area contributed by atoms with Gasteiger partial charge in [0.2, 0.25) is 0 Å². The van der Waals surface area contributed by atoms with Gasteiger partial charge in [-0.25, -0.2) is 4.98 Å². The van der Waals surface area contributed by atoms with E-state index in [0.717, 1.165) is 12.4 Å². The monoisotopic (exact) mass is 195 g/mol. The van der Waals surface area contributed by atoms with E-state index in [4.69, 9.17) is 0 Å². The maximum Gasteiger partial charge on any atom is 0.138 e. The molecule has 0 N–H and O–H groups in total. The van der Waals surface area contributed by atoms with Crippen LogP contribution in [0.5, 0.6) is 0 Å². The Morgan fingerprint density at radius 3 is 2.86 bits per heavy atom. The van der Waals surface area contributed by atoms with E-state index < -0.39 is 0 Å². The molecule has 0 bridgehead atoms. The molecule has 0 aliphatic rings. The van der Waals surface area contributed by atoms with Crippen LogP contribution >= 0.6 is 0 Å². The second-order valence-corrected chi connectivity index (χ2v) is 3.42. The number of hydrogen-bond acceptors (Lipinski definition) is 3. The number of aryl methyl sites for hydroxylation is 1. The second kappa shape index (κ2) is 4.88. The van der Waals surface area contributed by atoms with E-state index in [2.05, 4.69) is 10.1 Å². The second-order valence-electron chi connectivity index (χ2n) is 3.42. The number of ketones is 1. The zero-order valence-electron chi connectivity index (χ0n) is 9.03. The van der Waals surface area contributed by atoms with Gasteiger partial charge in [-0.1, -0.05) is 13.8 Å². The van der Waals surface area contributed by atoms with Gasteiger partial charge >= 0.3 is 0 Å². The van der Waals surface area contributed by atoms with Gasteiger partial charge in [0.25, 0.3) is 0 Å². The Hall–Kier alpha value is -1.19. The zero-order valence-corrected chi connectivity index (χ0v) is 9.03. The molecule has 1 heterocycles. The van der Waals surface area contributed by atoms with Crippen molar-refractivity contribution < 1.29 is 4.79 Å². The molecule has 1 unspecified atom stereocenters. The molecule has 1 rings (SSSR count). The maximum absolute atomic E-state index is 11.4. The van der Waals surface area contributed by atoms with Gasteiger partial charge in [0.15, 0.2) is 0 Å². The van der Waals surface area contributed by atoms with Crippen molar-refractivity contribution in [1.29, 1.82) is 0 Å². The SMILES string of the molecule is CCC(=O)C(C)Cc1ncnn1CC. The van der Waals surface area contributed by atoms with Crippen molar-refractivity contribution in [1.82, 2.24) is 14.8 Å². The Morgan fingerprint density at radius 2 is 2.29 bits per heavy atom. The highest BCUT2D eigenvalue weighted by Crippen LogP contribution is 2.08. The van der Waals surface area contributed by atoms with Crippen molar-refractivity contribution in [3.8, 4) is 0 Å². The predicted molar refractivity (Wildman–Crippen MR) is 53.9 cm³/mol. The molecule has 4 heteroatoms. The lowest BCUT2D eigenvalue weighted by atomic mass is 10.0. The molecule has 0 aliphatic heterocycles. The predicted octanol–water partition coefficient (Wildman–Crippen LogP) is 1.46. The fourth-order valence-electron chi connectivity index (χ4n) is 1.45. The number of rotatable bonds is 5. The van der Waals surface area contributed by atoms with Gasteiger partial charge in [-0.15, -0.1) is 0 Å². The fourth-order valence-corrected chi connectivity index (χ4v) is 1.45. The van der Waals surface area contributed by atoms with Crippen molar-refractivity contribution in [2.45, 2.75) is 40.2 Å². The average molecular weight is 195 g/mol. The third kappa shape index (κ3) is 2.40. The highest BCUT2D eigenvalue weighted by molar-refractivity contribution is 5.80. The van der Waals surface area contributed by atoms with E-state index in [0.29, 0.717) is 12.8 Å². The Labute approximate surface area is 84.3 Å². The number of hydrogen-bond donors (Lipinski definition) is 0. The number of carbonyl (C=O) groups is 1. The van der Waals surface area contributed by atoms with Crippen LogP contribution in [0.4, 0.5) is 0 Å². The summed E-state index contributed by atoms with van der Waals surface area (Å²) in [7, 11) is 0. The first-order chi connectivity index (χ1) is 6.69. The molecule has 0 radical (unpaired) electrons. The lowest BCUT2D eigenvalue weighted by Gasteiger charge is -2.08. The molecule has 4 nitrogen and oxygen atoms in total. The van der Waals surface area contributed by atoms with E-state index >= 15 is 0 Å². The van der Waals surface area contributed by atoms with Gasteiger partial charge in [0.1, 0.15) is 17.9 Å².